The SMILES string of the molecule is NS(=O)(=O)c1ccc(CCNC(=O)c2cccc(OCc3ccccc3)c2)cc1. The molecule has 150 valence electrons. The summed E-state index contributed by atoms with van der Waals surface area (Å²) in [5.41, 5.74) is 2.47. The zero-order chi connectivity index (χ0) is 20.7. The molecule has 0 saturated heterocycles. The van der Waals surface area contributed by atoms with Gasteiger partial charge in [-0.25, -0.2) is 13.6 Å². The fraction of sp³-hybridized carbons (Fsp3) is 0.136. The van der Waals surface area contributed by atoms with Gasteiger partial charge in [-0.05, 0) is 47.9 Å². The Morgan fingerprint density at radius 1 is 0.897 bits per heavy atom. The number of carbonyl (C=O) groups excluding carboxylic acids is 1. The minimum atomic E-state index is -3.70. The quantitative estimate of drug-likeness (QED) is 0.596. The van der Waals surface area contributed by atoms with Crippen LogP contribution in [0.2, 0.25) is 0 Å². The van der Waals surface area contributed by atoms with Crippen molar-refractivity contribution >= 4 is 15.9 Å². The van der Waals surface area contributed by atoms with Crippen molar-refractivity contribution in [3.63, 3.8) is 0 Å². The number of nitrogens with two attached hydrogens (primary N) is 1. The van der Waals surface area contributed by atoms with Crippen molar-refractivity contribution in [3.05, 3.63) is 95.6 Å². The first-order valence-electron chi connectivity index (χ1n) is 9.08. The van der Waals surface area contributed by atoms with Gasteiger partial charge in [-0.3, -0.25) is 4.79 Å². The summed E-state index contributed by atoms with van der Waals surface area (Å²) in [5, 5.41) is 7.94. The first-order valence-corrected chi connectivity index (χ1v) is 10.6. The third kappa shape index (κ3) is 6.17. The number of carbonyl (C=O) groups is 1. The van der Waals surface area contributed by atoms with E-state index in [0.717, 1.165) is 11.1 Å². The summed E-state index contributed by atoms with van der Waals surface area (Å²) in [6, 6.07) is 23.1. The maximum Gasteiger partial charge on any atom is 0.251 e. The molecular formula is C22H22N2O4S. The number of rotatable bonds is 8. The van der Waals surface area contributed by atoms with Crippen LogP contribution in [0.3, 0.4) is 0 Å². The monoisotopic (exact) mass is 410 g/mol. The van der Waals surface area contributed by atoms with Gasteiger partial charge in [0.2, 0.25) is 10.0 Å². The Balaban J connectivity index is 1.51. The van der Waals surface area contributed by atoms with Gasteiger partial charge in [0.25, 0.3) is 5.91 Å². The molecule has 0 atom stereocenters. The fourth-order valence-electron chi connectivity index (χ4n) is 2.74. The van der Waals surface area contributed by atoms with Crippen LogP contribution < -0.4 is 15.2 Å². The van der Waals surface area contributed by atoms with E-state index in [1.165, 1.54) is 12.1 Å². The Morgan fingerprint density at radius 3 is 2.31 bits per heavy atom. The summed E-state index contributed by atoms with van der Waals surface area (Å²) >= 11 is 0. The molecule has 0 bridgehead atoms. The predicted molar refractivity (Wildman–Crippen MR) is 111 cm³/mol. The molecule has 0 fully saturated rings. The summed E-state index contributed by atoms with van der Waals surface area (Å²) in [7, 11) is -3.70. The van der Waals surface area contributed by atoms with Crippen molar-refractivity contribution in [1.29, 1.82) is 0 Å². The molecule has 0 aliphatic carbocycles. The molecule has 0 saturated carbocycles. The van der Waals surface area contributed by atoms with Crippen LogP contribution in [0.1, 0.15) is 21.5 Å². The van der Waals surface area contributed by atoms with Gasteiger partial charge in [0.15, 0.2) is 0 Å². The van der Waals surface area contributed by atoms with Crippen LogP contribution in [0.15, 0.2) is 83.8 Å². The topological polar surface area (TPSA) is 98.5 Å². The summed E-state index contributed by atoms with van der Waals surface area (Å²) < 4.78 is 28.3. The summed E-state index contributed by atoms with van der Waals surface area (Å²) in [5.74, 6) is 0.427. The van der Waals surface area contributed by atoms with Gasteiger partial charge >= 0.3 is 0 Å². The highest BCUT2D eigenvalue weighted by Crippen LogP contribution is 2.15. The predicted octanol–water partition coefficient (Wildman–Crippen LogP) is 2.89. The van der Waals surface area contributed by atoms with E-state index in [0.29, 0.717) is 30.9 Å². The van der Waals surface area contributed by atoms with Crippen LogP contribution in [0.5, 0.6) is 5.75 Å². The Kier molecular flexibility index (Phi) is 6.64. The van der Waals surface area contributed by atoms with E-state index in [1.807, 2.05) is 36.4 Å². The highest BCUT2D eigenvalue weighted by atomic mass is 32.2. The summed E-state index contributed by atoms with van der Waals surface area (Å²) in [6.45, 7) is 0.850. The second-order valence-corrected chi connectivity index (χ2v) is 8.06. The number of hydrogen-bond donors (Lipinski definition) is 2. The molecule has 7 heteroatoms. The van der Waals surface area contributed by atoms with Crippen molar-refractivity contribution < 1.29 is 17.9 Å². The van der Waals surface area contributed by atoms with Crippen LogP contribution >= 0.6 is 0 Å². The van der Waals surface area contributed by atoms with Crippen LogP contribution in [0.4, 0.5) is 0 Å². The summed E-state index contributed by atoms with van der Waals surface area (Å²) in [6.07, 6.45) is 0.570. The number of primary sulfonamides is 1. The minimum absolute atomic E-state index is 0.0672. The van der Waals surface area contributed by atoms with Crippen LogP contribution in [0, 0.1) is 0 Å². The normalized spacial score (nSPS) is 11.1. The molecule has 29 heavy (non-hydrogen) atoms. The lowest BCUT2D eigenvalue weighted by Gasteiger charge is -2.09. The van der Waals surface area contributed by atoms with Crippen molar-refractivity contribution in [3.8, 4) is 5.75 Å². The van der Waals surface area contributed by atoms with E-state index in [1.54, 1.807) is 30.3 Å². The number of sulfonamides is 1. The van der Waals surface area contributed by atoms with Gasteiger partial charge in [-0.1, -0.05) is 48.5 Å². The van der Waals surface area contributed by atoms with Crippen molar-refractivity contribution in [2.45, 2.75) is 17.9 Å². The molecule has 0 unspecified atom stereocenters. The average Bonchev–Trinajstić information content (AvgIpc) is 2.73. The molecular weight excluding hydrogens is 388 g/mol. The molecule has 3 aromatic rings. The maximum absolute atomic E-state index is 12.4. The molecule has 0 heterocycles. The number of ether oxygens (including phenoxy) is 1. The van der Waals surface area contributed by atoms with E-state index in [-0.39, 0.29) is 10.8 Å². The zero-order valence-electron chi connectivity index (χ0n) is 15.7. The minimum Gasteiger partial charge on any atom is -0.489 e. The maximum atomic E-state index is 12.4. The lowest BCUT2D eigenvalue weighted by atomic mass is 10.1. The molecule has 0 radical (unpaired) electrons. The van der Waals surface area contributed by atoms with Crippen molar-refractivity contribution in [1.82, 2.24) is 5.32 Å². The highest BCUT2D eigenvalue weighted by molar-refractivity contribution is 7.89. The second kappa shape index (κ2) is 9.36. The zero-order valence-corrected chi connectivity index (χ0v) is 16.6. The molecule has 3 N–H and O–H groups in total. The van der Waals surface area contributed by atoms with Gasteiger partial charge in [-0.15, -0.1) is 0 Å². The second-order valence-electron chi connectivity index (χ2n) is 6.50. The Morgan fingerprint density at radius 2 is 1.62 bits per heavy atom. The number of amides is 1. The molecule has 3 aromatic carbocycles. The number of hydrogen-bond acceptors (Lipinski definition) is 4. The van der Waals surface area contributed by atoms with E-state index in [4.69, 9.17) is 9.88 Å². The van der Waals surface area contributed by atoms with E-state index < -0.39 is 10.0 Å². The molecule has 0 aliphatic heterocycles. The molecule has 0 aliphatic rings. The molecule has 6 nitrogen and oxygen atoms in total. The lowest BCUT2D eigenvalue weighted by Crippen LogP contribution is -2.25. The third-order valence-electron chi connectivity index (χ3n) is 4.30. The number of benzene rings is 3. The molecule has 3 rings (SSSR count). The van der Waals surface area contributed by atoms with Crippen LogP contribution in [-0.2, 0) is 23.1 Å². The molecule has 0 aromatic heterocycles. The Labute approximate surface area is 170 Å². The van der Waals surface area contributed by atoms with E-state index in [9.17, 15) is 13.2 Å². The smallest absolute Gasteiger partial charge is 0.251 e. The first-order chi connectivity index (χ1) is 13.9. The van der Waals surface area contributed by atoms with E-state index >= 15 is 0 Å². The Hall–Kier alpha value is -3.16. The highest BCUT2D eigenvalue weighted by Gasteiger charge is 2.08. The summed E-state index contributed by atoms with van der Waals surface area (Å²) in [4.78, 5) is 12.5. The average molecular weight is 410 g/mol. The van der Waals surface area contributed by atoms with Crippen molar-refractivity contribution in [2.24, 2.45) is 5.14 Å². The standard InChI is InChI=1S/C22H22N2O4S/c23-29(26,27)21-11-9-17(10-12-21)13-14-24-22(25)19-7-4-8-20(15-19)28-16-18-5-2-1-3-6-18/h1-12,15H,13-14,16H2,(H,24,25)(H2,23,26,27). The van der Waals surface area contributed by atoms with Gasteiger partial charge < -0.3 is 10.1 Å². The number of nitrogens with one attached hydrogen (secondary N) is 1. The van der Waals surface area contributed by atoms with Gasteiger partial charge in [0, 0.05) is 12.1 Å². The van der Waals surface area contributed by atoms with E-state index in [2.05, 4.69) is 5.32 Å². The van der Waals surface area contributed by atoms with Crippen LogP contribution in [-0.4, -0.2) is 20.9 Å². The van der Waals surface area contributed by atoms with Crippen molar-refractivity contribution in [2.75, 3.05) is 6.54 Å². The van der Waals surface area contributed by atoms with Crippen LogP contribution in [0.25, 0.3) is 0 Å². The molecule has 0 spiro atoms. The molecule has 1 amide bonds. The third-order valence-corrected chi connectivity index (χ3v) is 5.22. The lowest BCUT2D eigenvalue weighted by molar-refractivity contribution is 0.0953. The fourth-order valence-corrected chi connectivity index (χ4v) is 3.25. The first kappa shape index (κ1) is 20.6. The van der Waals surface area contributed by atoms with Gasteiger partial charge in [0.1, 0.15) is 12.4 Å². The largest absolute Gasteiger partial charge is 0.489 e. The van der Waals surface area contributed by atoms with Gasteiger partial charge in [-0.2, -0.15) is 0 Å². The Bertz CT molecular complexity index is 1070. The van der Waals surface area contributed by atoms with Gasteiger partial charge in [0.05, 0.1) is 4.90 Å².